The number of hydrogen-bond acceptors (Lipinski definition) is 3. The van der Waals surface area contributed by atoms with E-state index in [0.29, 0.717) is 5.92 Å². The van der Waals surface area contributed by atoms with Crippen LogP contribution in [0.2, 0.25) is 0 Å². The number of thiazole rings is 1. The van der Waals surface area contributed by atoms with E-state index in [4.69, 9.17) is 0 Å². The molecule has 0 unspecified atom stereocenters. The molecule has 1 aliphatic carbocycles. The smallest absolute Gasteiger partial charge is 0.0930 e. The second kappa shape index (κ2) is 5.78. The summed E-state index contributed by atoms with van der Waals surface area (Å²) in [5.74, 6) is 0.710. The summed E-state index contributed by atoms with van der Waals surface area (Å²) in [6, 6.07) is 0.760. The van der Waals surface area contributed by atoms with Crippen LogP contribution in [0.25, 0.3) is 0 Å². The number of nitrogens with one attached hydrogen (secondary N) is 1. The molecule has 1 saturated carbocycles. The first-order chi connectivity index (χ1) is 7.74. The minimum Gasteiger partial charge on any atom is -0.309 e. The van der Waals surface area contributed by atoms with Crippen molar-refractivity contribution in [3.63, 3.8) is 0 Å². The van der Waals surface area contributed by atoms with Crippen LogP contribution in [0.15, 0.2) is 6.20 Å². The summed E-state index contributed by atoms with van der Waals surface area (Å²) < 4.78 is 0. The number of aromatic nitrogens is 1. The summed E-state index contributed by atoms with van der Waals surface area (Å²) in [5, 5.41) is 4.92. The van der Waals surface area contributed by atoms with Crippen molar-refractivity contribution >= 4 is 11.3 Å². The van der Waals surface area contributed by atoms with E-state index in [-0.39, 0.29) is 0 Å². The Morgan fingerprint density at radius 1 is 1.44 bits per heavy atom. The van der Waals surface area contributed by atoms with Crippen LogP contribution in [-0.2, 0) is 13.0 Å². The Morgan fingerprint density at radius 3 is 2.88 bits per heavy atom. The van der Waals surface area contributed by atoms with E-state index in [1.54, 1.807) is 0 Å². The normalized spacial score (nSPS) is 17.4. The van der Waals surface area contributed by atoms with Gasteiger partial charge in [0.15, 0.2) is 0 Å². The van der Waals surface area contributed by atoms with Crippen LogP contribution in [0.3, 0.4) is 0 Å². The van der Waals surface area contributed by atoms with Crippen LogP contribution in [0, 0.1) is 5.92 Å². The van der Waals surface area contributed by atoms with Crippen molar-refractivity contribution in [2.45, 2.75) is 58.5 Å². The zero-order valence-electron chi connectivity index (χ0n) is 10.3. The molecular formula is C13H22N2S. The fourth-order valence-electron chi connectivity index (χ4n) is 2.25. The lowest BCUT2D eigenvalue weighted by Gasteiger charge is -2.09. The molecule has 2 nitrogen and oxygen atoms in total. The number of nitrogens with zero attached hydrogens (tertiary/aromatic N) is 1. The van der Waals surface area contributed by atoms with Crippen LogP contribution in [0.5, 0.6) is 0 Å². The highest BCUT2D eigenvalue weighted by Crippen LogP contribution is 2.20. The molecule has 3 heteroatoms. The Labute approximate surface area is 102 Å². The number of rotatable bonds is 5. The summed E-state index contributed by atoms with van der Waals surface area (Å²) in [7, 11) is 0. The predicted molar refractivity (Wildman–Crippen MR) is 69.8 cm³/mol. The van der Waals surface area contributed by atoms with Gasteiger partial charge in [-0.25, -0.2) is 4.98 Å². The lowest BCUT2D eigenvalue weighted by Crippen LogP contribution is -2.24. The van der Waals surface area contributed by atoms with Crippen molar-refractivity contribution in [3.05, 3.63) is 16.1 Å². The van der Waals surface area contributed by atoms with Crippen LogP contribution in [0.4, 0.5) is 0 Å². The average molecular weight is 238 g/mol. The standard InChI is InChI=1S/C13H22N2S/c1-10(2)7-13-15-9-12(16-13)8-14-11-5-3-4-6-11/h9-11,14H,3-8H2,1-2H3. The van der Waals surface area contributed by atoms with Crippen molar-refractivity contribution in [1.82, 2.24) is 10.3 Å². The molecule has 16 heavy (non-hydrogen) atoms. The van der Waals surface area contributed by atoms with E-state index in [9.17, 15) is 0 Å². The molecule has 1 N–H and O–H groups in total. The van der Waals surface area contributed by atoms with Crippen LogP contribution in [-0.4, -0.2) is 11.0 Å². The zero-order valence-corrected chi connectivity index (χ0v) is 11.1. The topological polar surface area (TPSA) is 24.9 Å². The first-order valence-corrected chi connectivity index (χ1v) is 7.22. The van der Waals surface area contributed by atoms with Gasteiger partial charge in [0.2, 0.25) is 0 Å². The molecule has 1 aromatic rings. The van der Waals surface area contributed by atoms with Crippen LogP contribution < -0.4 is 5.32 Å². The van der Waals surface area contributed by atoms with E-state index in [1.807, 2.05) is 17.5 Å². The van der Waals surface area contributed by atoms with Gasteiger partial charge >= 0.3 is 0 Å². The molecule has 0 amide bonds. The van der Waals surface area contributed by atoms with Gasteiger partial charge in [0, 0.05) is 30.1 Å². The lowest BCUT2D eigenvalue weighted by molar-refractivity contribution is 0.527. The third-order valence-electron chi connectivity index (χ3n) is 3.10. The van der Waals surface area contributed by atoms with Crippen molar-refractivity contribution in [1.29, 1.82) is 0 Å². The minimum absolute atomic E-state index is 0.710. The van der Waals surface area contributed by atoms with Crippen LogP contribution >= 0.6 is 11.3 Å². The average Bonchev–Trinajstić information content (AvgIpc) is 2.84. The third kappa shape index (κ3) is 3.56. The maximum atomic E-state index is 4.48. The van der Waals surface area contributed by atoms with Gasteiger partial charge in [-0.15, -0.1) is 11.3 Å². The van der Waals surface area contributed by atoms with E-state index in [1.165, 1.54) is 35.6 Å². The molecule has 0 atom stereocenters. The molecule has 1 fully saturated rings. The molecule has 2 rings (SSSR count). The fraction of sp³-hybridized carbons (Fsp3) is 0.769. The largest absolute Gasteiger partial charge is 0.309 e. The first kappa shape index (κ1) is 12.1. The van der Waals surface area contributed by atoms with Crippen molar-refractivity contribution in [3.8, 4) is 0 Å². The van der Waals surface area contributed by atoms with Gasteiger partial charge in [0.05, 0.1) is 5.01 Å². The van der Waals surface area contributed by atoms with Gasteiger partial charge in [-0.1, -0.05) is 26.7 Å². The van der Waals surface area contributed by atoms with E-state index < -0.39 is 0 Å². The number of hydrogen-bond donors (Lipinski definition) is 1. The molecule has 1 aromatic heterocycles. The van der Waals surface area contributed by atoms with Crippen molar-refractivity contribution in [2.75, 3.05) is 0 Å². The lowest BCUT2D eigenvalue weighted by atomic mass is 10.1. The van der Waals surface area contributed by atoms with Gasteiger partial charge in [-0.3, -0.25) is 0 Å². The summed E-state index contributed by atoms with van der Waals surface area (Å²) in [5.41, 5.74) is 0. The molecule has 0 aromatic carbocycles. The Bertz CT molecular complexity index is 313. The molecule has 0 aliphatic heterocycles. The van der Waals surface area contributed by atoms with Gasteiger partial charge in [-0.2, -0.15) is 0 Å². The van der Waals surface area contributed by atoms with E-state index in [0.717, 1.165) is 19.0 Å². The molecule has 90 valence electrons. The predicted octanol–water partition coefficient (Wildman–Crippen LogP) is 3.37. The van der Waals surface area contributed by atoms with Gasteiger partial charge in [0.1, 0.15) is 0 Å². The summed E-state index contributed by atoms with van der Waals surface area (Å²) in [6.07, 6.45) is 8.69. The summed E-state index contributed by atoms with van der Waals surface area (Å²) in [4.78, 5) is 5.87. The maximum Gasteiger partial charge on any atom is 0.0930 e. The molecular weight excluding hydrogens is 216 g/mol. The summed E-state index contributed by atoms with van der Waals surface area (Å²) in [6.45, 7) is 5.51. The maximum absolute atomic E-state index is 4.48. The molecule has 1 aliphatic rings. The molecule has 0 bridgehead atoms. The van der Waals surface area contributed by atoms with Gasteiger partial charge < -0.3 is 5.32 Å². The summed E-state index contributed by atoms with van der Waals surface area (Å²) >= 11 is 1.87. The van der Waals surface area contributed by atoms with Gasteiger partial charge in [-0.05, 0) is 18.8 Å². The minimum atomic E-state index is 0.710. The second-order valence-electron chi connectivity index (χ2n) is 5.18. The fourth-order valence-corrected chi connectivity index (χ4v) is 3.33. The third-order valence-corrected chi connectivity index (χ3v) is 4.12. The highest BCUT2D eigenvalue weighted by molar-refractivity contribution is 7.11. The first-order valence-electron chi connectivity index (χ1n) is 6.41. The van der Waals surface area contributed by atoms with Crippen LogP contribution in [0.1, 0.15) is 49.4 Å². The van der Waals surface area contributed by atoms with E-state index in [2.05, 4.69) is 24.1 Å². The van der Waals surface area contributed by atoms with Crippen molar-refractivity contribution < 1.29 is 0 Å². The quantitative estimate of drug-likeness (QED) is 0.850. The Kier molecular flexibility index (Phi) is 4.36. The highest BCUT2D eigenvalue weighted by atomic mass is 32.1. The zero-order chi connectivity index (χ0) is 11.4. The van der Waals surface area contributed by atoms with E-state index >= 15 is 0 Å². The molecule has 1 heterocycles. The second-order valence-corrected chi connectivity index (χ2v) is 6.38. The Hall–Kier alpha value is -0.410. The molecule has 0 spiro atoms. The Morgan fingerprint density at radius 2 is 2.19 bits per heavy atom. The van der Waals surface area contributed by atoms with Crippen molar-refractivity contribution in [2.24, 2.45) is 5.92 Å². The van der Waals surface area contributed by atoms with Gasteiger partial charge in [0.25, 0.3) is 0 Å². The highest BCUT2D eigenvalue weighted by Gasteiger charge is 2.14. The monoisotopic (exact) mass is 238 g/mol. The Balaban J connectivity index is 1.78. The molecule has 0 saturated heterocycles. The molecule has 0 radical (unpaired) electrons. The SMILES string of the molecule is CC(C)Cc1ncc(CNC2CCCC2)s1.